The molecule has 3 amide bonds. The molecule has 1 unspecified atom stereocenters. The summed E-state index contributed by atoms with van der Waals surface area (Å²) >= 11 is 0. The molecule has 0 radical (unpaired) electrons. The topological polar surface area (TPSA) is 122 Å². The van der Waals surface area contributed by atoms with E-state index in [1.54, 1.807) is 0 Å². The largest absolute Gasteiger partial charge is 0.480 e. The summed E-state index contributed by atoms with van der Waals surface area (Å²) in [6.07, 6.45) is 0. The maximum atomic E-state index is 11.9. The lowest BCUT2D eigenvalue weighted by atomic mass is 10.2. The SMILES string of the molecule is COCC(NC(=O)N(CC(N)=O)CC(C)C)C(=O)O. The highest BCUT2D eigenvalue weighted by Gasteiger charge is 2.24. The third-order valence-corrected chi connectivity index (χ3v) is 2.15. The molecule has 0 saturated carbocycles. The average Bonchev–Trinajstić information content (AvgIpc) is 2.25. The van der Waals surface area contributed by atoms with E-state index in [0.29, 0.717) is 6.54 Å². The van der Waals surface area contributed by atoms with Gasteiger partial charge in [0, 0.05) is 13.7 Å². The summed E-state index contributed by atoms with van der Waals surface area (Å²) in [6.45, 7) is 3.61. The fourth-order valence-corrected chi connectivity index (χ4v) is 1.43. The van der Waals surface area contributed by atoms with Crippen molar-refractivity contribution in [1.29, 1.82) is 0 Å². The molecule has 110 valence electrons. The van der Waals surface area contributed by atoms with Crippen LogP contribution in [0.25, 0.3) is 0 Å². The maximum Gasteiger partial charge on any atom is 0.328 e. The Morgan fingerprint density at radius 3 is 2.32 bits per heavy atom. The van der Waals surface area contributed by atoms with E-state index in [1.165, 1.54) is 12.0 Å². The summed E-state index contributed by atoms with van der Waals surface area (Å²) in [5.41, 5.74) is 5.05. The van der Waals surface area contributed by atoms with Gasteiger partial charge in [0.25, 0.3) is 0 Å². The number of carbonyl (C=O) groups excluding carboxylic acids is 2. The number of hydrogen-bond acceptors (Lipinski definition) is 4. The Kier molecular flexibility index (Phi) is 7.50. The Morgan fingerprint density at radius 1 is 1.37 bits per heavy atom. The van der Waals surface area contributed by atoms with Crippen LogP contribution in [0.5, 0.6) is 0 Å². The Balaban J connectivity index is 4.68. The van der Waals surface area contributed by atoms with E-state index >= 15 is 0 Å². The number of aliphatic carboxylic acids is 1. The van der Waals surface area contributed by atoms with Crippen LogP contribution in [-0.4, -0.2) is 60.8 Å². The molecule has 0 bridgehead atoms. The monoisotopic (exact) mass is 275 g/mol. The van der Waals surface area contributed by atoms with Gasteiger partial charge in [-0.15, -0.1) is 0 Å². The molecule has 0 aromatic carbocycles. The number of methoxy groups -OCH3 is 1. The highest BCUT2D eigenvalue weighted by atomic mass is 16.5. The summed E-state index contributed by atoms with van der Waals surface area (Å²) in [6, 6.07) is -1.82. The second-order valence-corrected chi connectivity index (χ2v) is 4.54. The first-order chi connectivity index (χ1) is 8.77. The van der Waals surface area contributed by atoms with Crippen LogP contribution in [0.4, 0.5) is 4.79 Å². The van der Waals surface area contributed by atoms with E-state index < -0.39 is 23.9 Å². The minimum Gasteiger partial charge on any atom is -0.480 e. The Morgan fingerprint density at radius 2 is 1.95 bits per heavy atom. The average molecular weight is 275 g/mol. The number of hydrogen-bond donors (Lipinski definition) is 3. The number of primary amides is 1. The molecule has 8 heteroatoms. The molecular weight excluding hydrogens is 254 g/mol. The van der Waals surface area contributed by atoms with Gasteiger partial charge in [-0.3, -0.25) is 4.79 Å². The van der Waals surface area contributed by atoms with Crippen LogP contribution in [0.2, 0.25) is 0 Å². The third-order valence-electron chi connectivity index (χ3n) is 2.15. The van der Waals surface area contributed by atoms with Crippen LogP contribution in [0.3, 0.4) is 0 Å². The molecule has 0 aromatic heterocycles. The summed E-state index contributed by atoms with van der Waals surface area (Å²) in [4.78, 5) is 34.9. The van der Waals surface area contributed by atoms with Gasteiger partial charge < -0.3 is 25.8 Å². The summed E-state index contributed by atoms with van der Waals surface area (Å²) in [5.74, 6) is -1.75. The predicted molar refractivity (Wildman–Crippen MR) is 67.4 cm³/mol. The van der Waals surface area contributed by atoms with Gasteiger partial charge in [-0.25, -0.2) is 9.59 Å². The van der Waals surface area contributed by atoms with Gasteiger partial charge in [0.1, 0.15) is 6.54 Å². The van der Waals surface area contributed by atoms with Gasteiger partial charge in [-0.05, 0) is 5.92 Å². The van der Waals surface area contributed by atoms with Crippen molar-refractivity contribution in [2.75, 3.05) is 26.8 Å². The number of nitrogens with two attached hydrogens (primary N) is 1. The van der Waals surface area contributed by atoms with E-state index in [0.717, 1.165) is 0 Å². The molecule has 0 aliphatic heterocycles. The molecule has 0 heterocycles. The van der Waals surface area contributed by atoms with Crippen LogP contribution in [-0.2, 0) is 14.3 Å². The van der Waals surface area contributed by atoms with Crippen molar-refractivity contribution in [3.05, 3.63) is 0 Å². The Labute approximate surface area is 111 Å². The van der Waals surface area contributed by atoms with Crippen LogP contribution in [0.1, 0.15) is 13.8 Å². The second-order valence-electron chi connectivity index (χ2n) is 4.54. The molecule has 0 rings (SSSR count). The summed E-state index contributed by atoms with van der Waals surface area (Å²) in [7, 11) is 1.33. The first kappa shape index (κ1) is 17.2. The number of ether oxygens (including phenoxy) is 1. The van der Waals surface area contributed by atoms with Crippen molar-refractivity contribution >= 4 is 17.9 Å². The smallest absolute Gasteiger partial charge is 0.328 e. The minimum atomic E-state index is -1.21. The van der Waals surface area contributed by atoms with Crippen LogP contribution < -0.4 is 11.1 Å². The Bertz CT molecular complexity index is 332. The van der Waals surface area contributed by atoms with Crippen molar-refractivity contribution < 1.29 is 24.2 Å². The van der Waals surface area contributed by atoms with Gasteiger partial charge in [0.2, 0.25) is 5.91 Å². The normalized spacial score (nSPS) is 12.0. The molecule has 8 nitrogen and oxygen atoms in total. The molecule has 0 fully saturated rings. The van der Waals surface area contributed by atoms with Crippen molar-refractivity contribution in [2.45, 2.75) is 19.9 Å². The van der Waals surface area contributed by atoms with Crippen molar-refractivity contribution in [1.82, 2.24) is 10.2 Å². The molecule has 19 heavy (non-hydrogen) atoms. The van der Waals surface area contributed by atoms with E-state index in [1.807, 2.05) is 13.8 Å². The van der Waals surface area contributed by atoms with Crippen molar-refractivity contribution in [3.63, 3.8) is 0 Å². The van der Waals surface area contributed by atoms with Crippen molar-refractivity contribution in [3.8, 4) is 0 Å². The zero-order chi connectivity index (χ0) is 15.0. The lowest BCUT2D eigenvalue weighted by Crippen LogP contribution is -2.52. The number of carboxylic acids is 1. The van der Waals surface area contributed by atoms with Gasteiger partial charge in [0.15, 0.2) is 6.04 Å². The Hall–Kier alpha value is -1.83. The quantitative estimate of drug-likeness (QED) is 0.537. The molecule has 0 spiro atoms. The first-order valence-electron chi connectivity index (χ1n) is 5.83. The van der Waals surface area contributed by atoms with Gasteiger partial charge in [-0.2, -0.15) is 0 Å². The van der Waals surface area contributed by atoms with E-state index in [4.69, 9.17) is 15.6 Å². The van der Waals surface area contributed by atoms with Crippen molar-refractivity contribution in [2.24, 2.45) is 11.7 Å². The van der Waals surface area contributed by atoms with Gasteiger partial charge in [-0.1, -0.05) is 13.8 Å². The predicted octanol–water partition coefficient (Wildman–Crippen LogP) is -0.761. The van der Waals surface area contributed by atoms with E-state index in [9.17, 15) is 14.4 Å². The number of rotatable bonds is 8. The van der Waals surface area contributed by atoms with Crippen LogP contribution in [0, 0.1) is 5.92 Å². The number of nitrogens with one attached hydrogen (secondary N) is 1. The van der Waals surface area contributed by atoms with Gasteiger partial charge in [0.05, 0.1) is 6.61 Å². The number of urea groups is 1. The lowest BCUT2D eigenvalue weighted by molar-refractivity contribution is -0.140. The molecule has 1 atom stereocenters. The molecule has 0 aromatic rings. The molecule has 0 aliphatic carbocycles. The third kappa shape index (κ3) is 7.24. The van der Waals surface area contributed by atoms with E-state index in [-0.39, 0.29) is 19.1 Å². The first-order valence-corrected chi connectivity index (χ1v) is 5.83. The summed E-state index contributed by atoms with van der Waals surface area (Å²) in [5, 5.41) is 11.2. The molecule has 4 N–H and O–H groups in total. The van der Waals surface area contributed by atoms with Gasteiger partial charge >= 0.3 is 12.0 Å². The maximum absolute atomic E-state index is 11.9. The minimum absolute atomic E-state index is 0.121. The zero-order valence-corrected chi connectivity index (χ0v) is 11.4. The lowest BCUT2D eigenvalue weighted by Gasteiger charge is -2.25. The molecular formula is C11H21N3O5. The highest BCUT2D eigenvalue weighted by Crippen LogP contribution is 2.00. The summed E-state index contributed by atoms with van der Waals surface area (Å²) < 4.78 is 4.70. The number of carboxylic acid groups (broad SMARTS) is 1. The highest BCUT2D eigenvalue weighted by molar-refractivity contribution is 5.86. The number of nitrogens with zero attached hydrogens (tertiary/aromatic N) is 1. The van der Waals surface area contributed by atoms with Crippen LogP contribution in [0.15, 0.2) is 0 Å². The zero-order valence-electron chi connectivity index (χ0n) is 11.4. The standard InChI is InChI=1S/C11H21N3O5/c1-7(2)4-14(5-9(12)15)11(18)13-8(6-19-3)10(16)17/h7-8H,4-6H2,1-3H3,(H2,12,15)(H,13,18)(H,16,17). The fourth-order valence-electron chi connectivity index (χ4n) is 1.43. The number of carbonyl (C=O) groups is 3. The fraction of sp³-hybridized carbons (Fsp3) is 0.727. The molecule has 0 aliphatic rings. The number of amides is 3. The van der Waals surface area contributed by atoms with E-state index in [2.05, 4.69) is 5.32 Å². The molecule has 0 saturated heterocycles. The van der Waals surface area contributed by atoms with Crippen LogP contribution >= 0.6 is 0 Å². The second kappa shape index (κ2) is 8.30.